The Labute approximate surface area is 112 Å². The molecule has 1 atom stereocenters. The highest BCUT2D eigenvalue weighted by atomic mass is 19.1. The second-order valence-electron chi connectivity index (χ2n) is 5.12. The third kappa shape index (κ3) is 3.22. The number of phenolic OH excluding ortho intramolecular Hbond substituents is 1. The molecule has 0 radical (unpaired) electrons. The molecule has 1 saturated heterocycles. The fourth-order valence-corrected chi connectivity index (χ4v) is 2.65. The first-order valence-electron chi connectivity index (χ1n) is 6.64. The molecule has 1 N–H and O–H groups in total. The summed E-state index contributed by atoms with van der Waals surface area (Å²) in [6.07, 6.45) is 0. The van der Waals surface area contributed by atoms with Gasteiger partial charge in [0.15, 0.2) is 17.4 Å². The van der Waals surface area contributed by atoms with E-state index in [2.05, 4.69) is 23.6 Å². The third-order valence-corrected chi connectivity index (χ3v) is 3.74. The molecule has 1 aromatic rings. The average molecular weight is 270 g/mol. The lowest BCUT2D eigenvalue weighted by atomic mass is 10.1. The minimum absolute atomic E-state index is 0.450. The molecule has 1 heterocycles. The zero-order valence-electron chi connectivity index (χ0n) is 11.4. The summed E-state index contributed by atoms with van der Waals surface area (Å²) in [4.78, 5) is 4.57. The Bertz CT molecular complexity index is 430. The van der Waals surface area contributed by atoms with Crippen LogP contribution in [0.5, 0.6) is 5.75 Å². The lowest BCUT2D eigenvalue weighted by molar-refractivity contribution is 0.0833. The van der Waals surface area contributed by atoms with Crippen LogP contribution in [0.4, 0.5) is 8.78 Å². The van der Waals surface area contributed by atoms with Crippen molar-refractivity contribution in [1.29, 1.82) is 0 Å². The van der Waals surface area contributed by atoms with Crippen molar-refractivity contribution >= 4 is 0 Å². The van der Waals surface area contributed by atoms with E-state index in [9.17, 15) is 8.78 Å². The Hall–Kier alpha value is -1.20. The number of aromatic hydroxyl groups is 1. The normalized spacial score (nSPS) is 21.8. The molecule has 1 unspecified atom stereocenters. The molecule has 3 nitrogen and oxygen atoms in total. The number of hydrogen-bond donors (Lipinski definition) is 1. The van der Waals surface area contributed by atoms with Crippen molar-refractivity contribution in [3.8, 4) is 5.75 Å². The molecule has 0 saturated carbocycles. The average Bonchev–Trinajstić information content (AvgIpc) is 2.36. The number of phenols is 1. The van der Waals surface area contributed by atoms with E-state index in [4.69, 9.17) is 5.11 Å². The highest BCUT2D eigenvalue weighted by molar-refractivity contribution is 5.30. The van der Waals surface area contributed by atoms with Crippen LogP contribution in [0, 0.1) is 11.6 Å². The Morgan fingerprint density at radius 2 is 1.89 bits per heavy atom. The van der Waals surface area contributed by atoms with Crippen LogP contribution >= 0.6 is 0 Å². The van der Waals surface area contributed by atoms with Gasteiger partial charge in [0.2, 0.25) is 0 Å². The molecule has 2 rings (SSSR count). The molecular formula is C14H20F2N2O. The highest BCUT2D eigenvalue weighted by Gasteiger charge is 2.22. The van der Waals surface area contributed by atoms with Crippen molar-refractivity contribution in [3.05, 3.63) is 29.3 Å². The van der Waals surface area contributed by atoms with E-state index in [1.165, 1.54) is 12.1 Å². The Morgan fingerprint density at radius 1 is 1.26 bits per heavy atom. The Morgan fingerprint density at radius 3 is 2.42 bits per heavy atom. The molecule has 19 heavy (non-hydrogen) atoms. The lowest BCUT2D eigenvalue weighted by Gasteiger charge is -2.39. The maximum atomic E-state index is 13.3. The number of piperazine rings is 1. The number of rotatable bonds is 3. The topological polar surface area (TPSA) is 26.7 Å². The molecule has 1 aliphatic heterocycles. The van der Waals surface area contributed by atoms with E-state index in [1.807, 2.05) is 0 Å². The Balaban J connectivity index is 2.02. The summed E-state index contributed by atoms with van der Waals surface area (Å²) in [5.41, 5.74) is 0.560. The summed E-state index contributed by atoms with van der Waals surface area (Å²) in [5.74, 6) is -2.68. The van der Waals surface area contributed by atoms with Crippen LogP contribution in [0.1, 0.15) is 19.4 Å². The predicted octanol–water partition coefficient (Wildman–Crippen LogP) is 2.20. The maximum Gasteiger partial charge on any atom is 0.187 e. The van der Waals surface area contributed by atoms with Gasteiger partial charge in [0, 0.05) is 32.2 Å². The first-order valence-corrected chi connectivity index (χ1v) is 6.64. The molecule has 106 valence electrons. The number of likely N-dealkylation sites (N-methyl/N-ethyl adjacent to an activating group) is 1. The van der Waals surface area contributed by atoms with Gasteiger partial charge in [-0.25, -0.2) is 8.78 Å². The largest absolute Gasteiger partial charge is 0.503 e. The molecule has 5 heteroatoms. The van der Waals surface area contributed by atoms with Crippen molar-refractivity contribution in [2.24, 2.45) is 0 Å². The van der Waals surface area contributed by atoms with Gasteiger partial charge < -0.3 is 5.11 Å². The van der Waals surface area contributed by atoms with Gasteiger partial charge in [0.25, 0.3) is 0 Å². The summed E-state index contributed by atoms with van der Waals surface area (Å²) in [7, 11) is 0. The number of hydrogen-bond acceptors (Lipinski definition) is 3. The molecule has 0 aliphatic carbocycles. The minimum atomic E-state index is -0.895. The summed E-state index contributed by atoms with van der Waals surface area (Å²) >= 11 is 0. The van der Waals surface area contributed by atoms with Crippen LogP contribution in [-0.2, 0) is 6.54 Å². The highest BCUT2D eigenvalue weighted by Crippen LogP contribution is 2.22. The zero-order valence-corrected chi connectivity index (χ0v) is 11.4. The monoisotopic (exact) mass is 270 g/mol. The number of halogens is 2. The molecule has 1 aromatic carbocycles. The minimum Gasteiger partial charge on any atom is -0.503 e. The zero-order chi connectivity index (χ0) is 14.0. The fourth-order valence-electron chi connectivity index (χ4n) is 2.65. The van der Waals surface area contributed by atoms with E-state index in [0.29, 0.717) is 18.2 Å². The predicted molar refractivity (Wildman–Crippen MR) is 70.0 cm³/mol. The summed E-state index contributed by atoms with van der Waals surface area (Å²) < 4.78 is 26.5. The number of benzene rings is 1. The van der Waals surface area contributed by atoms with Crippen LogP contribution in [-0.4, -0.2) is 47.1 Å². The van der Waals surface area contributed by atoms with Gasteiger partial charge in [0.05, 0.1) is 0 Å². The van der Waals surface area contributed by atoms with Gasteiger partial charge >= 0.3 is 0 Å². The van der Waals surface area contributed by atoms with Gasteiger partial charge in [-0.1, -0.05) is 6.92 Å². The van der Waals surface area contributed by atoms with E-state index in [1.54, 1.807) is 0 Å². The van der Waals surface area contributed by atoms with Gasteiger partial charge in [0.1, 0.15) is 0 Å². The van der Waals surface area contributed by atoms with Crippen molar-refractivity contribution in [3.63, 3.8) is 0 Å². The number of nitrogens with zero attached hydrogens (tertiary/aromatic N) is 2. The van der Waals surface area contributed by atoms with Gasteiger partial charge in [-0.3, -0.25) is 9.80 Å². The second-order valence-corrected chi connectivity index (χ2v) is 5.12. The van der Waals surface area contributed by atoms with E-state index in [-0.39, 0.29) is 0 Å². The first-order chi connectivity index (χ1) is 9.01. The standard InChI is InChI=1S/C14H20F2N2O/c1-3-18-5-4-17(8-10(18)2)9-11-6-12(15)14(19)13(16)7-11/h6-7,10,19H,3-5,8-9H2,1-2H3. The molecule has 0 amide bonds. The van der Waals surface area contributed by atoms with Gasteiger partial charge in [-0.05, 0) is 31.2 Å². The molecule has 0 aromatic heterocycles. The molecule has 1 aliphatic rings. The lowest BCUT2D eigenvalue weighted by Crippen LogP contribution is -2.51. The molecule has 0 spiro atoms. The van der Waals surface area contributed by atoms with E-state index < -0.39 is 17.4 Å². The van der Waals surface area contributed by atoms with Crippen molar-refractivity contribution in [2.75, 3.05) is 26.2 Å². The summed E-state index contributed by atoms with van der Waals surface area (Å²) in [6.45, 7) is 8.58. The van der Waals surface area contributed by atoms with E-state index >= 15 is 0 Å². The van der Waals surface area contributed by atoms with Gasteiger partial charge in [-0.2, -0.15) is 0 Å². The smallest absolute Gasteiger partial charge is 0.187 e. The van der Waals surface area contributed by atoms with E-state index in [0.717, 1.165) is 26.2 Å². The van der Waals surface area contributed by atoms with Crippen LogP contribution < -0.4 is 0 Å². The third-order valence-electron chi connectivity index (χ3n) is 3.74. The van der Waals surface area contributed by atoms with Crippen molar-refractivity contribution in [1.82, 2.24) is 9.80 Å². The van der Waals surface area contributed by atoms with Crippen LogP contribution in [0.2, 0.25) is 0 Å². The van der Waals surface area contributed by atoms with Crippen LogP contribution in [0.3, 0.4) is 0 Å². The second kappa shape index (κ2) is 5.84. The van der Waals surface area contributed by atoms with Crippen molar-refractivity contribution in [2.45, 2.75) is 26.4 Å². The fraction of sp³-hybridized carbons (Fsp3) is 0.571. The molecule has 0 bridgehead atoms. The first kappa shape index (κ1) is 14.2. The maximum absolute atomic E-state index is 13.3. The summed E-state index contributed by atoms with van der Waals surface area (Å²) in [6, 6.07) is 2.86. The quantitative estimate of drug-likeness (QED) is 0.912. The van der Waals surface area contributed by atoms with Crippen LogP contribution in [0.15, 0.2) is 12.1 Å². The SMILES string of the molecule is CCN1CCN(Cc2cc(F)c(O)c(F)c2)CC1C. The van der Waals surface area contributed by atoms with Crippen molar-refractivity contribution < 1.29 is 13.9 Å². The summed E-state index contributed by atoms with van der Waals surface area (Å²) in [5, 5.41) is 9.08. The van der Waals surface area contributed by atoms with Gasteiger partial charge in [-0.15, -0.1) is 0 Å². The van der Waals surface area contributed by atoms with Crippen LogP contribution in [0.25, 0.3) is 0 Å². The molecular weight excluding hydrogens is 250 g/mol. The Kier molecular flexibility index (Phi) is 4.37. The molecule has 1 fully saturated rings.